The number of benzene rings is 2. The van der Waals surface area contributed by atoms with E-state index in [1.54, 1.807) is 0 Å². The molecule has 0 aromatic heterocycles. The summed E-state index contributed by atoms with van der Waals surface area (Å²) in [5.74, 6) is -0.0918. The first-order valence-corrected chi connectivity index (χ1v) is 7.59. The summed E-state index contributed by atoms with van der Waals surface area (Å²) in [5, 5.41) is 6.31. The van der Waals surface area contributed by atoms with Crippen LogP contribution in [-0.2, 0) is 4.79 Å². The third-order valence-electron chi connectivity index (χ3n) is 4.07. The fourth-order valence-corrected chi connectivity index (χ4v) is 2.34. The average molecular weight is 295 g/mol. The molecule has 1 aliphatic carbocycles. The van der Waals surface area contributed by atoms with Gasteiger partial charge in [-0.05, 0) is 49.6 Å². The van der Waals surface area contributed by atoms with Crippen molar-refractivity contribution >= 4 is 17.3 Å². The van der Waals surface area contributed by atoms with E-state index in [1.807, 2.05) is 42.5 Å². The van der Waals surface area contributed by atoms with Crippen LogP contribution >= 0.6 is 0 Å². The predicted molar refractivity (Wildman–Crippen MR) is 89.7 cm³/mol. The van der Waals surface area contributed by atoms with E-state index in [1.165, 1.54) is 5.56 Å². The summed E-state index contributed by atoms with van der Waals surface area (Å²) < 4.78 is 0. The van der Waals surface area contributed by atoms with Gasteiger partial charge in [-0.15, -0.1) is 0 Å². The Morgan fingerprint density at radius 2 is 1.64 bits per heavy atom. The van der Waals surface area contributed by atoms with Gasteiger partial charge in [-0.2, -0.15) is 0 Å². The third kappa shape index (κ3) is 3.28. The average Bonchev–Trinajstić information content (AvgIpc) is 3.29. The van der Waals surface area contributed by atoms with E-state index in [2.05, 4.69) is 29.7 Å². The Kier molecular flexibility index (Phi) is 3.86. The van der Waals surface area contributed by atoms with Gasteiger partial charge in [-0.1, -0.05) is 30.3 Å². The molecular formula is C18H21N3O. The van der Waals surface area contributed by atoms with Crippen molar-refractivity contribution in [3.63, 3.8) is 0 Å². The van der Waals surface area contributed by atoms with Crippen LogP contribution in [0.3, 0.4) is 0 Å². The highest BCUT2D eigenvalue weighted by Crippen LogP contribution is 2.33. The molecule has 1 atom stereocenters. The van der Waals surface area contributed by atoms with Gasteiger partial charge in [0, 0.05) is 17.4 Å². The van der Waals surface area contributed by atoms with E-state index >= 15 is 0 Å². The maximum atomic E-state index is 11.9. The molecule has 1 aliphatic rings. The van der Waals surface area contributed by atoms with Crippen LogP contribution in [0.15, 0.2) is 54.6 Å². The molecule has 1 unspecified atom stereocenters. The minimum Gasteiger partial charge on any atom is -0.379 e. The molecule has 4 N–H and O–H groups in total. The van der Waals surface area contributed by atoms with E-state index in [9.17, 15) is 4.79 Å². The molecule has 0 aliphatic heterocycles. The molecule has 2 aromatic rings. The molecule has 0 bridgehead atoms. The van der Waals surface area contributed by atoms with Crippen molar-refractivity contribution in [1.29, 1.82) is 0 Å². The van der Waals surface area contributed by atoms with Crippen molar-refractivity contribution in [2.75, 3.05) is 10.6 Å². The zero-order valence-corrected chi connectivity index (χ0v) is 12.7. The SMILES string of the molecule is CC(Nc1ccc(NC(=O)C2(N)CC2)cc1)c1ccccc1. The smallest absolute Gasteiger partial charge is 0.244 e. The van der Waals surface area contributed by atoms with Crippen LogP contribution in [0.2, 0.25) is 0 Å². The minimum absolute atomic E-state index is 0.0918. The Morgan fingerprint density at radius 3 is 2.23 bits per heavy atom. The maximum Gasteiger partial charge on any atom is 0.244 e. The van der Waals surface area contributed by atoms with E-state index in [0.717, 1.165) is 24.2 Å². The number of rotatable bonds is 5. The van der Waals surface area contributed by atoms with Gasteiger partial charge in [0.15, 0.2) is 0 Å². The highest BCUT2D eigenvalue weighted by atomic mass is 16.2. The number of nitrogens with two attached hydrogens (primary N) is 1. The first-order chi connectivity index (χ1) is 10.6. The molecule has 1 fully saturated rings. The van der Waals surface area contributed by atoms with Gasteiger partial charge in [0.1, 0.15) is 0 Å². The summed E-state index contributed by atoms with van der Waals surface area (Å²) in [6.45, 7) is 2.12. The van der Waals surface area contributed by atoms with Gasteiger partial charge >= 0.3 is 0 Å². The van der Waals surface area contributed by atoms with Gasteiger partial charge in [0.05, 0.1) is 5.54 Å². The lowest BCUT2D eigenvalue weighted by Gasteiger charge is -2.16. The summed E-state index contributed by atoms with van der Waals surface area (Å²) in [6, 6.07) is 18.2. The number of amides is 1. The monoisotopic (exact) mass is 295 g/mol. The van der Waals surface area contributed by atoms with Gasteiger partial charge in [0.25, 0.3) is 0 Å². The van der Waals surface area contributed by atoms with Crippen molar-refractivity contribution in [1.82, 2.24) is 0 Å². The van der Waals surface area contributed by atoms with Gasteiger partial charge in [-0.3, -0.25) is 4.79 Å². The van der Waals surface area contributed by atoms with Crippen LogP contribution in [0.1, 0.15) is 31.4 Å². The number of hydrogen-bond donors (Lipinski definition) is 3. The lowest BCUT2D eigenvalue weighted by atomic mass is 10.1. The lowest BCUT2D eigenvalue weighted by Crippen LogP contribution is -2.37. The van der Waals surface area contributed by atoms with E-state index < -0.39 is 5.54 Å². The number of carbonyl (C=O) groups excluding carboxylic acids is 1. The van der Waals surface area contributed by atoms with Crippen molar-refractivity contribution in [3.05, 3.63) is 60.2 Å². The quantitative estimate of drug-likeness (QED) is 0.793. The third-order valence-corrected chi connectivity index (χ3v) is 4.07. The van der Waals surface area contributed by atoms with Crippen LogP contribution in [0, 0.1) is 0 Å². The second-order valence-corrected chi connectivity index (χ2v) is 5.96. The summed E-state index contributed by atoms with van der Waals surface area (Å²) in [6.07, 6.45) is 1.54. The zero-order chi connectivity index (χ0) is 15.6. The number of hydrogen-bond acceptors (Lipinski definition) is 3. The van der Waals surface area contributed by atoms with Gasteiger partial charge < -0.3 is 16.4 Å². The summed E-state index contributed by atoms with van der Waals surface area (Å²) in [5.41, 5.74) is 8.26. The molecule has 4 nitrogen and oxygen atoms in total. The molecule has 114 valence electrons. The van der Waals surface area contributed by atoms with E-state index in [0.29, 0.717) is 0 Å². The molecule has 1 amide bonds. The summed E-state index contributed by atoms with van der Waals surface area (Å²) in [7, 11) is 0. The van der Waals surface area contributed by atoms with Crippen LogP contribution in [0.25, 0.3) is 0 Å². The highest BCUT2D eigenvalue weighted by molar-refractivity contribution is 6.00. The second-order valence-electron chi connectivity index (χ2n) is 5.96. The van der Waals surface area contributed by atoms with Crippen LogP contribution < -0.4 is 16.4 Å². The Balaban J connectivity index is 1.61. The zero-order valence-electron chi connectivity index (χ0n) is 12.7. The summed E-state index contributed by atoms with van der Waals surface area (Å²) in [4.78, 5) is 11.9. The van der Waals surface area contributed by atoms with Crippen LogP contribution in [0.5, 0.6) is 0 Å². The van der Waals surface area contributed by atoms with Crippen molar-refractivity contribution < 1.29 is 4.79 Å². The topological polar surface area (TPSA) is 67.1 Å². The van der Waals surface area contributed by atoms with Crippen molar-refractivity contribution in [2.45, 2.75) is 31.3 Å². The van der Waals surface area contributed by atoms with E-state index in [-0.39, 0.29) is 11.9 Å². The standard InChI is InChI=1S/C18H21N3O/c1-13(14-5-3-2-4-6-14)20-15-7-9-16(10-8-15)21-17(22)18(19)11-12-18/h2-10,13,20H,11-12,19H2,1H3,(H,21,22). The Bertz CT molecular complexity index is 648. The maximum absolute atomic E-state index is 11.9. The molecule has 0 heterocycles. The van der Waals surface area contributed by atoms with Gasteiger partial charge in [0.2, 0.25) is 5.91 Å². The Morgan fingerprint density at radius 1 is 1.05 bits per heavy atom. The highest BCUT2D eigenvalue weighted by Gasteiger charge is 2.45. The fourth-order valence-electron chi connectivity index (χ4n) is 2.34. The molecule has 0 radical (unpaired) electrons. The molecule has 3 rings (SSSR count). The first kappa shape index (κ1) is 14.6. The molecule has 22 heavy (non-hydrogen) atoms. The first-order valence-electron chi connectivity index (χ1n) is 7.59. The summed E-state index contributed by atoms with van der Waals surface area (Å²) >= 11 is 0. The number of nitrogens with one attached hydrogen (secondary N) is 2. The molecule has 4 heteroatoms. The van der Waals surface area contributed by atoms with Crippen molar-refractivity contribution in [3.8, 4) is 0 Å². The minimum atomic E-state index is -0.640. The van der Waals surface area contributed by atoms with Crippen LogP contribution in [0.4, 0.5) is 11.4 Å². The fraction of sp³-hybridized carbons (Fsp3) is 0.278. The molecular weight excluding hydrogens is 274 g/mol. The number of carbonyl (C=O) groups is 1. The molecule has 1 saturated carbocycles. The second kappa shape index (κ2) is 5.81. The number of anilines is 2. The van der Waals surface area contributed by atoms with E-state index in [4.69, 9.17) is 5.73 Å². The van der Waals surface area contributed by atoms with Crippen LogP contribution in [-0.4, -0.2) is 11.4 Å². The normalized spacial score (nSPS) is 16.6. The molecule has 2 aromatic carbocycles. The van der Waals surface area contributed by atoms with Gasteiger partial charge in [-0.25, -0.2) is 0 Å². The Labute approximate surface area is 130 Å². The van der Waals surface area contributed by atoms with Crippen molar-refractivity contribution in [2.24, 2.45) is 5.73 Å². The Hall–Kier alpha value is -2.33. The lowest BCUT2D eigenvalue weighted by molar-refractivity contribution is -0.118. The predicted octanol–water partition coefficient (Wildman–Crippen LogP) is 3.29. The molecule has 0 spiro atoms. The largest absolute Gasteiger partial charge is 0.379 e. The molecule has 0 saturated heterocycles.